The van der Waals surface area contributed by atoms with E-state index in [1.54, 1.807) is 33.0 Å². The Balaban J connectivity index is 1.40. The monoisotopic (exact) mass is 542 g/mol. The molecule has 1 fully saturated rings. The second kappa shape index (κ2) is 10.2. The number of benzene rings is 1. The van der Waals surface area contributed by atoms with E-state index in [1.807, 2.05) is 0 Å². The first kappa shape index (κ1) is 26.5. The van der Waals surface area contributed by atoms with Crippen LogP contribution in [0.1, 0.15) is 61.2 Å². The van der Waals surface area contributed by atoms with Gasteiger partial charge in [0, 0.05) is 29.9 Å². The Morgan fingerprint density at radius 2 is 1.85 bits per heavy atom. The number of aryl methyl sites for hydroxylation is 1. The number of rotatable bonds is 8. The number of alkyl halides is 3. The first-order chi connectivity index (χ1) is 18.6. The van der Waals surface area contributed by atoms with Gasteiger partial charge in [-0.3, -0.25) is 0 Å². The van der Waals surface area contributed by atoms with Crippen molar-refractivity contribution in [2.24, 2.45) is 0 Å². The second-order valence-electron chi connectivity index (χ2n) is 9.65. The lowest BCUT2D eigenvalue weighted by Crippen LogP contribution is -2.06. The van der Waals surface area contributed by atoms with E-state index in [-0.39, 0.29) is 24.0 Å². The Labute approximate surface area is 222 Å². The van der Waals surface area contributed by atoms with Gasteiger partial charge in [0.05, 0.1) is 18.4 Å². The van der Waals surface area contributed by atoms with Crippen molar-refractivity contribution >= 4 is 0 Å². The third kappa shape index (κ3) is 5.41. The normalized spacial score (nSPS) is 13.7. The van der Waals surface area contributed by atoms with Gasteiger partial charge in [-0.2, -0.15) is 18.2 Å². The molecule has 1 aliphatic carbocycles. The van der Waals surface area contributed by atoms with E-state index in [1.165, 1.54) is 30.1 Å². The molecule has 0 radical (unpaired) electrons. The van der Waals surface area contributed by atoms with Crippen molar-refractivity contribution in [2.45, 2.75) is 58.4 Å². The van der Waals surface area contributed by atoms with Crippen molar-refractivity contribution in [1.29, 1.82) is 0 Å². The number of ether oxygens (including phenoxy) is 2. The van der Waals surface area contributed by atoms with Gasteiger partial charge in [0.1, 0.15) is 30.1 Å². The largest absolute Gasteiger partial charge is 0.480 e. The summed E-state index contributed by atoms with van der Waals surface area (Å²) in [7, 11) is 1.52. The van der Waals surface area contributed by atoms with Crippen molar-refractivity contribution in [1.82, 2.24) is 29.5 Å². The SMILES string of the molecule is COc1ncnc(C2CC2)c1-c1ncc(C)c(OCc2ccc(-c3nc(C(F)(F)F)cn3C(C)C)c(F)c2)n1. The van der Waals surface area contributed by atoms with Gasteiger partial charge in [-0.05, 0) is 51.3 Å². The molecule has 3 heterocycles. The maximum atomic E-state index is 15.1. The Hall–Kier alpha value is -4.09. The van der Waals surface area contributed by atoms with E-state index >= 15 is 4.39 Å². The van der Waals surface area contributed by atoms with Crippen molar-refractivity contribution in [3.63, 3.8) is 0 Å². The van der Waals surface area contributed by atoms with E-state index in [0.717, 1.165) is 24.7 Å². The molecule has 0 aliphatic heterocycles. The van der Waals surface area contributed by atoms with E-state index < -0.39 is 17.7 Å². The molecule has 1 saturated carbocycles. The molecule has 8 nitrogen and oxygen atoms in total. The van der Waals surface area contributed by atoms with Crippen molar-refractivity contribution < 1.29 is 27.0 Å². The lowest BCUT2D eigenvalue weighted by molar-refractivity contribution is -0.140. The van der Waals surface area contributed by atoms with Gasteiger partial charge in [-0.1, -0.05) is 6.07 Å². The molecule has 4 aromatic rings. The first-order valence-electron chi connectivity index (χ1n) is 12.4. The minimum absolute atomic E-state index is 0.0289. The number of imidazole rings is 1. The van der Waals surface area contributed by atoms with Crippen LogP contribution in [0.25, 0.3) is 22.8 Å². The summed E-state index contributed by atoms with van der Waals surface area (Å²) in [5.41, 5.74) is 1.46. The van der Waals surface area contributed by atoms with Gasteiger partial charge in [0.15, 0.2) is 11.5 Å². The highest BCUT2D eigenvalue weighted by Crippen LogP contribution is 2.45. The molecule has 204 valence electrons. The van der Waals surface area contributed by atoms with Crippen LogP contribution < -0.4 is 9.47 Å². The minimum atomic E-state index is -4.64. The summed E-state index contributed by atoms with van der Waals surface area (Å²) in [6.07, 6.45) is 1.36. The quantitative estimate of drug-likeness (QED) is 0.241. The lowest BCUT2D eigenvalue weighted by Gasteiger charge is -2.14. The number of halogens is 4. The molecule has 0 bridgehead atoms. The van der Waals surface area contributed by atoms with Crippen LogP contribution in [-0.4, -0.2) is 36.6 Å². The Morgan fingerprint density at radius 3 is 2.49 bits per heavy atom. The third-order valence-electron chi connectivity index (χ3n) is 6.38. The van der Waals surface area contributed by atoms with Crippen LogP contribution in [0.15, 0.2) is 36.9 Å². The van der Waals surface area contributed by atoms with E-state index in [2.05, 4.69) is 24.9 Å². The molecule has 0 amide bonds. The fraction of sp³-hybridized carbons (Fsp3) is 0.370. The summed E-state index contributed by atoms with van der Waals surface area (Å²) >= 11 is 0. The van der Waals surface area contributed by atoms with Crippen LogP contribution >= 0.6 is 0 Å². The van der Waals surface area contributed by atoms with Gasteiger partial charge in [0.2, 0.25) is 11.8 Å². The molecule has 5 rings (SSSR count). The molecular formula is C27H26F4N6O2. The second-order valence-corrected chi connectivity index (χ2v) is 9.65. The molecule has 1 aliphatic rings. The summed E-state index contributed by atoms with van der Waals surface area (Å²) in [4.78, 5) is 21.3. The molecule has 1 aromatic carbocycles. The molecule has 3 aromatic heterocycles. The molecule has 0 atom stereocenters. The predicted octanol–water partition coefficient (Wildman–Crippen LogP) is 6.31. The van der Waals surface area contributed by atoms with Crippen LogP contribution in [0.4, 0.5) is 17.6 Å². The highest BCUT2D eigenvalue weighted by atomic mass is 19.4. The Bertz CT molecular complexity index is 1510. The van der Waals surface area contributed by atoms with E-state index in [0.29, 0.717) is 40.2 Å². The highest BCUT2D eigenvalue weighted by molar-refractivity contribution is 5.66. The third-order valence-corrected chi connectivity index (χ3v) is 6.38. The smallest absolute Gasteiger partial charge is 0.434 e. The van der Waals surface area contributed by atoms with Crippen LogP contribution in [0, 0.1) is 12.7 Å². The number of hydrogen-bond acceptors (Lipinski definition) is 7. The summed E-state index contributed by atoms with van der Waals surface area (Å²) in [5, 5.41) is 0. The first-order valence-corrected chi connectivity index (χ1v) is 12.4. The zero-order valence-corrected chi connectivity index (χ0v) is 21.8. The van der Waals surface area contributed by atoms with Crippen LogP contribution in [0.3, 0.4) is 0 Å². The van der Waals surface area contributed by atoms with Gasteiger partial charge >= 0.3 is 6.18 Å². The average Bonchev–Trinajstić information content (AvgIpc) is 3.64. The average molecular weight is 543 g/mol. The summed E-state index contributed by atoms with van der Waals surface area (Å²) < 4.78 is 67.6. The van der Waals surface area contributed by atoms with Crippen molar-refractivity contribution in [2.75, 3.05) is 7.11 Å². The molecular weight excluding hydrogens is 516 g/mol. The molecule has 0 N–H and O–H groups in total. The predicted molar refractivity (Wildman–Crippen MR) is 134 cm³/mol. The van der Waals surface area contributed by atoms with Crippen molar-refractivity contribution in [3.8, 4) is 34.5 Å². The highest BCUT2D eigenvalue weighted by Gasteiger charge is 2.36. The number of methoxy groups -OCH3 is 1. The maximum Gasteiger partial charge on any atom is 0.434 e. The van der Waals surface area contributed by atoms with Crippen LogP contribution in [0.5, 0.6) is 11.8 Å². The number of aromatic nitrogens is 6. The van der Waals surface area contributed by atoms with E-state index in [9.17, 15) is 13.2 Å². The fourth-order valence-corrected chi connectivity index (χ4v) is 4.21. The topological polar surface area (TPSA) is 87.8 Å². The molecule has 12 heteroatoms. The minimum Gasteiger partial charge on any atom is -0.480 e. The number of nitrogens with zero attached hydrogens (tertiary/aromatic N) is 6. The summed E-state index contributed by atoms with van der Waals surface area (Å²) in [5.74, 6) is 0.514. The van der Waals surface area contributed by atoms with Gasteiger partial charge in [0.25, 0.3) is 0 Å². The molecule has 0 spiro atoms. The van der Waals surface area contributed by atoms with E-state index in [4.69, 9.17) is 9.47 Å². The van der Waals surface area contributed by atoms with Crippen molar-refractivity contribution in [3.05, 3.63) is 65.3 Å². The zero-order valence-electron chi connectivity index (χ0n) is 21.8. The Morgan fingerprint density at radius 1 is 1.08 bits per heavy atom. The maximum absolute atomic E-state index is 15.1. The lowest BCUT2D eigenvalue weighted by atomic mass is 10.1. The molecule has 0 saturated heterocycles. The standard InChI is InChI=1S/C27H26F4N6O2/c1-14(2)37-11-20(27(29,30)31)35-24(37)18-8-5-16(9-19(18)28)12-39-25-15(3)10-32-23(36-25)21-22(17-6-7-17)33-13-34-26(21)38-4/h5,8-11,13-14,17H,6-7,12H2,1-4H3. The fourth-order valence-electron chi connectivity index (χ4n) is 4.21. The van der Waals surface area contributed by atoms with Crippen LogP contribution in [0.2, 0.25) is 0 Å². The summed E-state index contributed by atoms with van der Waals surface area (Å²) in [6, 6.07) is 3.86. The zero-order chi connectivity index (χ0) is 27.9. The van der Waals surface area contributed by atoms with Gasteiger partial charge in [-0.25, -0.2) is 24.3 Å². The Kier molecular flexibility index (Phi) is 6.96. The summed E-state index contributed by atoms with van der Waals surface area (Å²) in [6.45, 7) is 5.16. The van der Waals surface area contributed by atoms with Gasteiger partial charge < -0.3 is 14.0 Å². The van der Waals surface area contributed by atoms with Crippen LogP contribution in [-0.2, 0) is 12.8 Å². The number of hydrogen-bond donors (Lipinski definition) is 0. The van der Waals surface area contributed by atoms with Gasteiger partial charge in [-0.15, -0.1) is 0 Å². The molecule has 0 unspecified atom stereocenters. The molecule has 39 heavy (non-hydrogen) atoms.